The lowest BCUT2D eigenvalue weighted by Crippen LogP contribution is -2.02. The molecule has 0 aromatic heterocycles. The first-order valence-corrected chi connectivity index (χ1v) is 7.73. The van der Waals surface area contributed by atoms with E-state index in [0.29, 0.717) is 11.5 Å². The van der Waals surface area contributed by atoms with Crippen molar-refractivity contribution in [2.45, 2.75) is 13.8 Å². The monoisotopic (exact) mass is 292 g/mol. The lowest BCUT2D eigenvalue weighted by Gasteiger charge is -2.04. The third kappa shape index (κ3) is 5.19. The lowest BCUT2D eigenvalue weighted by molar-refractivity contribution is 0.413. The van der Waals surface area contributed by atoms with Crippen molar-refractivity contribution < 1.29 is 25.2 Å². The second-order valence-electron chi connectivity index (χ2n) is 3.36. The van der Waals surface area contributed by atoms with E-state index < -0.39 is 20.2 Å². The minimum Gasteiger partial charge on any atom is -0.384 e. The van der Waals surface area contributed by atoms with Gasteiger partial charge in [0.2, 0.25) is 0 Å². The van der Waals surface area contributed by atoms with Gasteiger partial charge in [-0.25, -0.2) is 0 Å². The molecule has 6 nitrogen and oxygen atoms in total. The summed E-state index contributed by atoms with van der Waals surface area (Å²) in [7, 11) is -6.76. The fourth-order valence-electron chi connectivity index (χ4n) is 1.02. The lowest BCUT2D eigenvalue weighted by atomic mass is 10.5. The standard InChI is InChI=1S/2C5H6O3S/c2*1-5-3-2-4-9(6,7)8-5/h2*2-4H,1H3. The molecule has 0 atom stereocenters. The van der Waals surface area contributed by atoms with Crippen LogP contribution in [-0.2, 0) is 28.6 Å². The molecule has 0 saturated carbocycles. The van der Waals surface area contributed by atoms with Gasteiger partial charge in [-0.3, -0.25) is 0 Å². The fourth-order valence-corrected chi connectivity index (χ4v) is 2.52. The minimum absolute atomic E-state index is 0.400. The Labute approximate surface area is 106 Å². The van der Waals surface area contributed by atoms with Crippen molar-refractivity contribution in [1.82, 2.24) is 0 Å². The van der Waals surface area contributed by atoms with Gasteiger partial charge in [-0.15, -0.1) is 0 Å². The summed E-state index contributed by atoms with van der Waals surface area (Å²) >= 11 is 0. The normalized spacial score (nSPS) is 22.6. The van der Waals surface area contributed by atoms with Crippen LogP contribution < -0.4 is 0 Å². The fraction of sp³-hybridized carbons (Fsp3) is 0.200. The Kier molecular flexibility index (Phi) is 4.36. The Bertz CT molecular complexity index is 574. The number of hydrogen-bond acceptors (Lipinski definition) is 6. The van der Waals surface area contributed by atoms with E-state index in [2.05, 4.69) is 8.37 Å². The predicted octanol–water partition coefficient (Wildman–Crippen LogP) is 1.53. The molecule has 2 rings (SSSR count). The summed E-state index contributed by atoms with van der Waals surface area (Å²) in [5.74, 6) is 0.801. The van der Waals surface area contributed by atoms with Crippen LogP contribution in [0.5, 0.6) is 0 Å². The number of rotatable bonds is 0. The summed E-state index contributed by atoms with van der Waals surface area (Å²) in [6.45, 7) is 3.17. The zero-order valence-electron chi connectivity index (χ0n) is 9.73. The topological polar surface area (TPSA) is 86.7 Å². The molecule has 100 valence electrons. The summed E-state index contributed by atoms with van der Waals surface area (Å²) in [4.78, 5) is 0. The Morgan fingerprint density at radius 1 is 0.778 bits per heavy atom. The summed E-state index contributed by atoms with van der Waals surface area (Å²) in [5, 5.41) is 2.03. The van der Waals surface area contributed by atoms with E-state index in [1.165, 1.54) is 12.2 Å². The minimum atomic E-state index is -3.38. The molecule has 2 aliphatic heterocycles. The van der Waals surface area contributed by atoms with Gasteiger partial charge in [0.1, 0.15) is 11.5 Å². The molecule has 0 N–H and O–H groups in total. The van der Waals surface area contributed by atoms with Crippen LogP contribution in [0.2, 0.25) is 0 Å². The van der Waals surface area contributed by atoms with Crippen LogP contribution >= 0.6 is 0 Å². The Hall–Kier alpha value is -1.54. The van der Waals surface area contributed by atoms with Crippen LogP contribution in [0, 0.1) is 0 Å². The third-order valence-corrected chi connectivity index (χ3v) is 3.62. The molecule has 0 aromatic rings. The molecule has 0 aliphatic carbocycles. The highest BCUT2D eigenvalue weighted by Gasteiger charge is 2.09. The van der Waals surface area contributed by atoms with Crippen LogP contribution in [0.25, 0.3) is 0 Å². The molecule has 0 bridgehead atoms. The second kappa shape index (κ2) is 5.40. The molecule has 0 radical (unpaired) electrons. The summed E-state index contributed by atoms with van der Waals surface area (Å²) in [5.41, 5.74) is 0. The Morgan fingerprint density at radius 3 is 1.28 bits per heavy atom. The first-order valence-electron chi connectivity index (χ1n) is 4.79. The maximum Gasteiger partial charge on any atom is 0.331 e. The Balaban J connectivity index is 0.000000180. The van der Waals surface area contributed by atoms with E-state index in [0.717, 1.165) is 10.8 Å². The molecule has 0 amide bonds. The highest BCUT2D eigenvalue weighted by molar-refractivity contribution is 7.90. The van der Waals surface area contributed by atoms with Crippen molar-refractivity contribution in [1.29, 1.82) is 0 Å². The molecule has 2 heterocycles. The third-order valence-electron chi connectivity index (χ3n) is 1.65. The Morgan fingerprint density at radius 2 is 1.11 bits per heavy atom. The van der Waals surface area contributed by atoms with Gasteiger partial charge in [0.05, 0.1) is 10.8 Å². The first kappa shape index (κ1) is 14.5. The molecule has 18 heavy (non-hydrogen) atoms. The van der Waals surface area contributed by atoms with Gasteiger partial charge in [-0.05, 0) is 38.2 Å². The van der Waals surface area contributed by atoms with Crippen LogP contribution in [0.15, 0.2) is 46.6 Å². The van der Waals surface area contributed by atoms with Gasteiger partial charge >= 0.3 is 20.2 Å². The largest absolute Gasteiger partial charge is 0.384 e. The molecule has 8 heteroatoms. The molecule has 0 fully saturated rings. The van der Waals surface area contributed by atoms with Gasteiger partial charge in [-0.1, -0.05) is 0 Å². The van der Waals surface area contributed by atoms with Crippen LogP contribution in [0.1, 0.15) is 13.8 Å². The molecule has 0 saturated heterocycles. The average Bonchev–Trinajstić information content (AvgIpc) is 2.13. The van der Waals surface area contributed by atoms with Gasteiger partial charge in [0.15, 0.2) is 0 Å². The van der Waals surface area contributed by atoms with Crippen molar-refractivity contribution in [3.05, 3.63) is 46.6 Å². The maximum absolute atomic E-state index is 10.5. The zero-order chi connectivity index (χ0) is 13.8. The highest BCUT2D eigenvalue weighted by Crippen LogP contribution is 2.10. The van der Waals surface area contributed by atoms with Gasteiger partial charge in [-0.2, -0.15) is 16.8 Å². The van der Waals surface area contributed by atoms with Gasteiger partial charge in [0.25, 0.3) is 0 Å². The van der Waals surface area contributed by atoms with Crippen molar-refractivity contribution in [2.75, 3.05) is 0 Å². The molecule has 0 unspecified atom stereocenters. The number of allylic oxidation sites excluding steroid dienone is 6. The van der Waals surface area contributed by atoms with E-state index in [4.69, 9.17) is 0 Å². The summed E-state index contributed by atoms with van der Waals surface area (Å²) in [6.07, 6.45) is 6.05. The van der Waals surface area contributed by atoms with Crippen molar-refractivity contribution in [2.24, 2.45) is 0 Å². The van der Waals surface area contributed by atoms with Gasteiger partial charge in [0, 0.05) is 0 Å². The first-order chi connectivity index (χ1) is 8.20. The van der Waals surface area contributed by atoms with Crippen molar-refractivity contribution in [3.8, 4) is 0 Å². The quantitative estimate of drug-likeness (QED) is 0.629. The van der Waals surface area contributed by atoms with E-state index in [1.54, 1.807) is 26.0 Å². The average molecular weight is 292 g/mol. The van der Waals surface area contributed by atoms with E-state index >= 15 is 0 Å². The maximum atomic E-state index is 10.5. The molecule has 0 spiro atoms. The van der Waals surface area contributed by atoms with Crippen LogP contribution in [0.4, 0.5) is 0 Å². The van der Waals surface area contributed by atoms with E-state index in [9.17, 15) is 16.8 Å². The number of hydrogen-bond donors (Lipinski definition) is 0. The predicted molar refractivity (Wildman–Crippen MR) is 65.8 cm³/mol. The summed E-state index contributed by atoms with van der Waals surface area (Å²) < 4.78 is 50.9. The SMILES string of the molecule is CC1=CC=CS(=O)(=O)O1.CC1=CC=CS(=O)(=O)O1. The molecule has 0 aromatic carbocycles. The van der Waals surface area contributed by atoms with Crippen molar-refractivity contribution in [3.63, 3.8) is 0 Å². The van der Waals surface area contributed by atoms with E-state index in [-0.39, 0.29) is 0 Å². The molecular formula is C10H12O6S2. The van der Waals surface area contributed by atoms with Crippen LogP contribution in [0.3, 0.4) is 0 Å². The summed E-state index contributed by atoms with van der Waals surface area (Å²) in [6, 6.07) is 0. The second-order valence-corrected chi connectivity index (χ2v) is 6.21. The molecular weight excluding hydrogens is 280 g/mol. The van der Waals surface area contributed by atoms with E-state index in [1.807, 2.05) is 0 Å². The molecule has 2 aliphatic rings. The van der Waals surface area contributed by atoms with Crippen LogP contribution in [-0.4, -0.2) is 16.8 Å². The van der Waals surface area contributed by atoms with Gasteiger partial charge < -0.3 is 8.37 Å². The smallest absolute Gasteiger partial charge is 0.331 e. The van der Waals surface area contributed by atoms with Crippen molar-refractivity contribution >= 4 is 20.2 Å². The highest BCUT2D eigenvalue weighted by atomic mass is 32.2. The zero-order valence-corrected chi connectivity index (χ0v) is 11.4.